The number of aromatic amines is 1. The average Bonchev–Trinajstić information content (AvgIpc) is 3.19. The van der Waals surface area contributed by atoms with Crippen LogP contribution in [0.1, 0.15) is 31.5 Å². The summed E-state index contributed by atoms with van der Waals surface area (Å²) in [5.74, 6) is -1.32. The molecule has 7 nitrogen and oxygen atoms in total. The number of fused-ring (bicyclic) bond motifs is 2. The molecule has 4 rings (SSSR count). The van der Waals surface area contributed by atoms with Crippen LogP contribution in [0.4, 0.5) is 0 Å². The molecule has 1 aromatic carbocycles. The maximum atomic E-state index is 12.9. The van der Waals surface area contributed by atoms with Gasteiger partial charge in [-0.2, -0.15) is 0 Å². The summed E-state index contributed by atoms with van der Waals surface area (Å²) in [5.41, 5.74) is -0.0123. The Kier molecular flexibility index (Phi) is 3.99. The van der Waals surface area contributed by atoms with Crippen molar-refractivity contribution < 1.29 is 19.8 Å². The molecule has 4 N–H and O–H groups in total. The molecule has 2 aliphatic heterocycles. The molecule has 0 unspecified atom stereocenters. The van der Waals surface area contributed by atoms with Crippen LogP contribution < -0.4 is 5.32 Å². The average molecular weight is 381 g/mol. The van der Waals surface area contributed by atoms with Gasteiger partial charge in [0.1, 0.15) is 11.8 Å². The van der Waals surface area contributed by atoms with Crippen LogP contribution in [-0.2, 0) is 15.0 Å². The van der Waals surface area contributed by atoms with E-state index in [2.05, 4.69) is 16.9 Å². The fourth-order valence-electron chi connectivity index (χ4n) is 3.91. The van der Waals surface area contributed by atoms with Crippen LogP contribution >= 0.6 is 0 Å². The van der Waals surface area contributed by atoms with Crippen LogP contribution in [0.25, 0.3) is 17.0 Å². The SMILES string of the molecule is C=CC(C)(C)c1[nH]c2ccccc2c1C=C1NC(=O)[C@@]2(O)[C@H](O)CCN2C1=O. The standard InChI is InChI=1S/C21H23N3O4/c1-4-20(2,3)17-13(12-7-5-6-8-14(12)22-17)11-15-18(26)24-10-9-16(25)21(24,28)19(27)23-15/h4-8,11,16,22,25,28H,1,9-10H2,2-3H3,(H,23,27)/t16-,21+/m1/s1. The smallest absolute Gasteiger partial charge is 0.280 e. The van der Waals surface area contributed by atoms with E-state index in [9.17, 15) is 19.8 Å². The van der Waals surface area contributed by atoms with Gasteiger partial charge in [-0.05, 0) is 18.6 Å². The summed E-state index contributed by atoms with van der Waals surface area (Å²) in [7, 11) is 0. The molecule has 2 fully saturated rings. The van der Waals surface area contributed by atoms with Crippen molar-refractivity contribution in [2.24, 2.45) is 0 Å². The minimum absolute atomic E-state index is 0.0645. The lowest BCUT2D eigenvalue weighted by molar-refractivity contribution is -0.185. The van der Waals surface area contributed by atoms with Gasteiger partial charge in [0.2, 0.25) is 5.72 Å². The Balaban J connectivity index is 1.87. The van der Waals surface area contributed by atoms with Crippen molar-refractivity contribution in [3.05, 3.63) is 53.9 Å². The van der Waals surface area contributed by atoms with E-state index in [4.69, 9.17) is 0 Å². The number of allylic oxidation sites excluding steroid dienone is 1. The van der Waals surface area contributed by atoms with E-state index in [1.54, 1.807) is 6.08 Å². The zero-order valence-corrected chi connectivity index (χ0v) is 15.8. The summed E-state index contributed by atoms with van der Waals surface area (Å²) >= 11 is 0. The van der Waals surface area contributed by atoms with Gasteiger partial charge in [-0.15, -0.1) is 6.58 Å². The predicted molar refractivity (Wildman–Crippen MR) is 105 cm³/mol. The summed E-state index contributed by atoms with van der Waals surface area (Å²) in [4.78, 5) is 29.9. The van der Waals surface area contributed by atoms with Crippen LogP contribution in [0.2, 0.25) is 0 Å². The third kappa shape index (κ3) is 2.43. The number of carbonyl (C=O) groups is 2. The number of piperazine rings is 1. The van der Waals surface area contributed by atoms with Gasteiger partial charge in [0, 0.05) is 34.1 Å². The van der Waals surface area contributed by atoms with E-state index in [1.165, 1.54) is 0 Å². The monoisotopic (exact) mass is 381 g/mol. The number of aromatic nitrogens is 1. The van der Waals surface area contributed by atoms with Gasteiger partial charge in [0.25, 0.3) is 11.8 Å². The van der Waals surface area contributed by atoms with Crippen molar-refractivity contribution in [2.75, 3.05) is 6.54 Å². The maximum Gasteiger partial charge on any atom is 0.280 e. The van der Waals surface area contributed by atoms with E-state index in [0.29, 0.717) is 0 Å². The molecule has 3 heterocycles. The molecule has 1 aromatic heterocycles. The van der Waals surface area contributed by atoms with Crippen molar-refractivity contribution in [1.29, 1.82) is 0 Å². The second kappa shape index (κ2) is 6.05. The highest BCUT2D eigenvalue weighted by molar-refractivity contribution is 6.10. The topological polar surface area (TPSA) is 106 Å². The number of amides is 2. The Labute approximate surface area is 162 Å². The number of para-hydroxylation sites is 1. The number of hydrogen-bond acceptors (Lipinski definition) is 4. The summed E-state index contributed by atoms with van der Waals surface area (Å²) in [6.45, 7) is 8.03. The van der Waals surface area contributed by atoms with Crippen LogP contribution in [-0.4, -0.2) is 50.3 Å². The molecule has 2 saturated heterocycles. The van der Waals surface area contributed by atoms with E-state index in [0.717, 1.165) is 27.1 Å². The van der Waals surface area contributed by atoms with Crippen molar-refractivity contribution in [3.8, 4) is 0 Å². The number of aliphatic hydroxyl groups is 2. The molecule has 2 aromatic rings. The Morgan fingerprint density at radius 2 is 2.04 bits per heavy atom. The highest BCUT2D eigenvalue weighted by Gasteiger charge is 2.58. The molecular weight excluding hydrogens is 358 g/mol. The highest BCUT2D eigenvalue weighted by atomic mass is 16.4. The molecule has 0 radical (unpaired) electrons. The largest absolute Gasteiger partial charge is 0.387 e. The molecule has 28 heavy (non-hydrogen) atoms. The van der Waals surface area contributed by atoms with E-state index in [-0.39, 0.29) is 18.7 Å². The first-order valence-electron chi connectivity index (χ1n) is 9.20. The van der Waals surface area contributed by atoms with Crippen molar-refractivity contribution >= 4 is 28.8 Å². The second-order valence-corrected chi connectivity index (χ2v) is 7.88. The van der Waals surface area contributed by atoms with E-state index >= 15 is 0 Å². The third-order valence-electron chi connectivity index (χ3n) is 5.75. The maximum absolute atomic E-state index is 12.9. The van der Waals surface area contributed by atoms with Crippen molar-refractivity contribution in [3.63, 3.8) is 0 Å². The Hall–Kier alpha value is -2.90. The molecule has 2 atom stereocenters. The number of hydrogen-bond donors (Lipinski definition) is 4. The van der Waals surface area contributed by atoms with E-state index < -0.39 is 29.1 Å². The van der Waals surface area contributed by atoms with Gasteiger partial charge in [0.15, 0.2) is 0 Å². The first-order chi connectivity index (χ1) is 13.2. The zero-order chi connectivity index (χ0) is 20.3. The molecule has 0 saturated carbocycles. The minimum atomic E-state index is -2.21. The quantitative estimate of drug-likeness (QED) is 0.476. The molecular formula is C21H23N3O4. The fourth-order valence-corrected chi connectivity index (χ4v) is 3.91. The van der Waals surface area contributed by atoms with Gasteiger partial charge in [-0.3, -0.25) is 14.5 Å². The molecule has 7 heteroatoms. The van der Waals surface area contributed by atoms with Crippen molar-refractivity contribution in [2.45, 2.75) is 37.5 Å². The van der Waals surface area contributed by atoms with Crippen LogP contribution in [0.3, 0.4) is 0 Å². The lowest BCUT2D eigenvalue weighted by Gasteiger charge is -2.38. The molecule has 0 bridgehead atoms. The van der Waals surface area contributed by atoms with Gasteiger partial charge >= 0.3 is 0 Å². The summed E-state index contributed by atoms with van der Waals surface area (Å²) < 4.78 is 0. The number of nitrogens with zero attached hydrogens (tertiary/aromatic N) is 1. The Morgan fingerprint density at radius 1 is 1.32 bits per heavy atom. The lowest BCUT2D eigenvalue weighted by atomic mass is 9.86. The van der Waals surface area contributed by atoms with Gasteiger partial charge in [0.05, 0.1) is 0 Å². The third-order valence-corrected chi connectivity index (χ3v) is 5.75. The predicted octanol–water partition coefficient (Wildman–Crippen LogP) is 1.38. The van der Waals surface area contributed by atoms with Gasteiger partial charge < -0.3 is 20.5 Å². The molecule has 0 spiro atoms. The number of aliphatic hydroxyl groups excluding tert-OH is 1. The first-order valence-corrected chi connectivity index (χ1v) is 9.20. The number of rotatable bonds is 3. The summed E-state index contributed by atoms with van der Waals surface area (Å²) in [5, 5.41) is 23.9. The lowest BCUT2D eigenvalue weighted by Crippen LogP contribution is -2.67. The van der Waals surface area contributed by atoms with Crippen LogP contribution in [0.5, 0.6) is 0 Å². The highest BCUT2D eigenvalue weighted by Crippen LogP contribution is 2.36. The van der Waals surface area contributed by atoms with Crippen molar-refractivity contribution in [1.82, 2.24) is 15.2 Å². The number of nitrogens with one attached hydrogen (secondary N) is 2. The number of H-pyrrole nitrogens is 1. The van der Waals surface area contributed by atoms with E-state index in [1.807, 2.05) is 44.2 Å². The molecule has 0 aliphatic carbocycles. The van der Waals surface area contributed by atoms with Gasteiger partial charge in [-0.25, -0.2) is 0 Å². The minimum Gasteiger partial charge on any atom is -0.387 e. The summed E-state index contributed by atoms with van der Waals surface area (Å²) in [6, 6.07) is 7.70. The van der Waals surface area contributed by atoms with Crippen LogP contribution in [0, 0.1) is 0 Å². The number of benzene rings is 1. The zero-order valence-electron chi connectivity index (χ0n) is 15.8. The first kappa shape index (κ1) is 18.5. The Bertz CT molecular complexity index is 1040. The fraction of sp³-hybridized carbons (Fsp3) is 0.333. The molecule has 2 amide bonds. The van der Waals surface area contributed by atoms with Gasteiger partial charge in [-0.1, -0.05) is 38.1 Å². The second-order valence-electron chi connectivity index (χ2n) is 7.88. The number of carbonyl (C=O) groups excluding carboxylic acids is 2. The normalized spacial score (nSPS) is 26.6. The van der Waals surface area contributed by atoms with Crippen LogP contribution in [0.15, 0.2) is 42.6 Å². The Morgan fingerprint density at radius 3 is 2.75 bits per heavy atom. The molecule has 2 aliphatic rings. The molecule has 146 valence electrons. The summed E-state index contributed by atoms with van der Waals surface area (Å²) in [6.07, 6.45) is 2.28.